The van der Waals surface area contributed by atoms with Crippen LogP contribution in [-0.4, -0.2) is 17.1 Å². The van der Waals surface area contributed by atoms with Gasteiger partial charge in [0.2, 0.25) is 0 Å². The Kier molecular flexibility index (Phi) is 4.63. The standard InChI is InChI=1S/C19H13ClF3NO2/c1-10-16(11(2)25)17(12-5-3-6-13(20)9-12)14-7-4-8-15(18(14)24-10)26-19(21,22)23/h3-9H,1-2H3. The minimum Gasteiger partial charge on any atom is -0.403 e. The quantitative estimate of drug-likeness (QED) is 0.527. The number of hydrogen-bond acceptors (Lipinski definition) is 3. The summed E-state index contributed by atoms with van der Waals surface area (Å²) in [7, 11) is 0. The van der Waals surface area contributed by atoms with E-state index in [1.165, 1.54) is 19.1 Å². The normalized spacial score (nSPS) is 11.6. The third-order valence-corrected chi connectivity index (χ3v) is 4.09. The molecule has 0 saturated heterocycles. The highest BCUT2D eigenvalue weighted by atomic mass is 35.5. The molecule has 1 aromatic heterocycles. The van der Waals surface area contributed by atoms with Crippen LogP contribution < -0.4 is 4.74 Å². The van der Waals surface area contributed by atoms with Crippen molar-refractivity contribution in [2.75, 3.05) is 0 Å². The summed E-state index contributed by atoms with van der Waals surface area (Å²) >= 11 is 6.06. The molecule has 3 nitrogen and oxygen atoms in total. The van der Waals surface area contributed by atoms with Crippen molar-refractivity contribution in [2.45, 2.75) is 20.2 Å². The summed E-state index contributed by atoms with van der Waals surface area (Å²) in [5.74, 6) is -0.662. The smallest absolute Gasteiger partial charge is 0.403 e. The number of ether oxygens (including phenoxy) is 1. The summed E-state index contributed by atoms with van der Waals surface area (Å²) in [6.07, 6.45) is -4.85. The fourth-order valence-corrected chi connectivity index (χ4v) is 3.15. The zero-order valence-corrected chi connectivity index (χ0v) is 14.6. The Labute approximate surface area is 152 Å². The van der Waals surface area contributed by atoms with Crippen molar-refractivity contribution in [3.63, 3.8) is 0 Å². The van der Waals surface area contributed by atoms with Crippen molar-refractivity contribution in [1.29, 1.82) is 0 Å². The van der Waals surface area contributed by atoms with E-state index >= 15 is 0 Å². The highest BCUT2D eigenvalue weighted by Crippen LogP contribution is 2.38. The molecule has 0 spiro atoms. The third-order valence-electron chi connectivity index (χ3n) is 3.85. The van der Waals surface area contributed by atoms with Gasteiger partial charge in [-0.1, -0.05) is 35.9 Å². The van der Waals surface area contributed by atoms with Crippen molar-refractivity contribution in [2.24, 2.45) is 0 Å². The molecule has 7 heteroatoms. The molecular formula is C19H13ClF3NO2. The second kappa shape index (κ2) is 6.61. The molecule has 3 aromatic rings. The van der Waals surface area contributed by atoms with Crippen molar-refractivity contribution in [3.05, 3.63) is 58.7 Å². The number of alkyl halides is 3. The van der Waals surface area contributed by atoms with E-state index in [0.29, 0.717) is 32.8 Å². The minimum absolute atomic E-state index is 0.0299. The number of halogens is 4. The molecule has 0 atom stereocenters. The molecule has 0 aliphatic rings. The van der Waals surface area contributed by atoms with Gasteiger partial charge in [0.15, 0.2) is 11.5 Å². The van der Waals surface area contributed by atoms with E-state index in [0.717, 1.165) is 0 Å². The second-order valence-corrected chi connectivity index (χ2v) is 6.15. The monoisotopic (exact) mass is 379 g/mol. The van der Waals surface area contributed by atoms with Crippen LogP contribution in [-0.2, 0) is 0 Å². The molecular weight excluding hydrogens is 367 g/mol. The molecule has 0 radical (unpaired) electrons. The number of para-hydroxylation sites is 1. The highest BCUT2D eigenvalue weighted by molar-refractivity contribution is 6.31. The van der Waals surface area contributed by atoms with E-state index in [1.54, 1.807) is 37.3 Å². The van der Waals surface area contributed by atoms with Crippen LogP contribution in [0.3, 0.4) is 0 Å². The lowest BCUT2D eigenvalue weighted by molar-refractivity contribution is -0.274. The molecule has 2 aromatic carbocycles. The fraction of sp³-hybridized carbons (Fsp3) is 0.158. The average Bonchev–Trinajstić information content (AvgIpc) is 2.52. The van der Waals surface area contributed by atoms with E-state index < -0.39 is 12.1 Å². The Hall–Kier alpha value is -2.60. The van der Waals surface area contributed by atoms with Gasteiger partial charge in [-0.05, 0) is 37.6 Å². The van der Waals surface area contributed by atoms with E-state index in [-0.39, 0.29) is 11.3 Å². The van der Waals surface area contributed by atoms with Crippen LogP contribution in [0.1, 0.15) is 23.0 Å². The number of carbonyl (C=O) groups is 1. The molecule has 0 unspecified atom stereocenters. The first-order valence-corrected chi connectivity index (χ1v) is 8.01. The maximum atomic E-state index is 12.7. The molecule has 0 fully saturated rings. The van der Waals surface area contributed by atoms with Gasteiger partial charge in [-0.2, -0.15) is 0 Å². The van der Waals surface area contributed by atoms with Gasteiger partial charge in [-0.25, -0.2) is 4.98 Å². The lowest BCUT2D eigenvalue weighted by Gasteiger charge is -2.17. The van der Waals surface area contributed by atoms with Crippen LogP contribution in [0.15, 0.2) is 42.5 Å². The average molecular weight is 380 g/mol. The number of aromatic nitrogens is 1. The van der Waals surface area contributed by atoms with Gasteiger partial charge < -0.3 is 4.74 Å². The van der Waals surface area contributed by atoms with Crippen molar-refractivity contribution in [1.82, 2.24) is 4.98 Å². The SMILES string of the molecule is CC(=O)c1c(C)nc2c(OC(F)(F)F)cccc2c1-c1cccc(Cl)c1. The van der Waals surface area contributed by atoms with Crippen LogP contribution >= 0.6 is 11.6 Å². The summed E-state index contributed by atoms with van der Waals surface area (Å²) < 4.78 is 42.3. The van der Waals surface area contributed by atoms with E-state index in [1.807, 2.05) is 0 Å². The number of Topliss-reactive ketones (excluding diaryl/α,β-unsaturated/α-hetero) is 1. The maximum absolute atomic E-state index is 12.7. The largest absolute Gasteiger partial charge is 0.573 e. The molecule has 0 amide bonds. The van der Waals surface area contributed by atoms with Crippen molar-refractivity contribution in [3.8, 4) is 16.9 Å². The van der Waals surface area contributed by atoms with Crippen molar-refractivity contribution < 1.29 is 22.7 Å². The maximum Gasteiger partial charge on any atom is 0.573 e. The van der Waals surface area contributed by atoms with Crippen LogP contribution in [0, 0.1) is 6.92 Å². The van der Waals surface area contributed by atoms with Crippen LogP contribution in [0.5, 0.6) is 5.75 Å². The first kappa shape index (κ1) is 18.2. The second-order valence-electron chi connectivity index (χ2n) is 5.71. The molecule has 0 N–H and O–H groups in total. The first-order valence-electron chi connectivity index (χ1n) is 7.63. The number of pyridine rings is 1. The topological polar surface area (TPSA) is 39.2 Å². The summed E-state index contributed by atoms with van der Waals surface area (Å²) in [5.41, 5.74) is 1.78. The Morgan fingerprint density at radius 3 is 2.46 bits per heavy atom. The predicted octanol–water partition coefficient (Wildman–Crippen LogP) is 5.96. The van der Waals surface area contributed by atoms with Gasteiger partial charge in [0, 0.05) is 27.2 Å². The Morgan fingerprint density at radius 2 is 1.85 bits per heavy atom. The highest BCUT2D eigenvalue weighted by Gasteiger charge is 2.32. The number of benzene rings is 2. The Balaban J connectivity index is 2.41. The van der Waals surface area contributed by atoms with Crippen LogP contribution in [0.4, 0.5) is 13.2 Å². The van der Waals surface area contributed by atoms with E-state index in [9.17, 15) is 18.0 Å². The van der Waals surface area contributed by atoms with Crippen molar-refractivity contribution >= 4 is 28.3 Å². The van der Waals surface area contributed by atoms with Gasteiger partial charge in [0.1, 0.15) is 5.52 Å². The number of carbonyl (C=O) groups excluding carboxylic acids is 1. The zero-order valence-electron chi connectivity index (χ0n) is 13.8. The molecule has 1 heterocycles. The Bertz CT molecular complexity index is 1020. The molecule has 0 aliphatic heterocycles. The number of ketones is 1. The van der Waals surface area contributed by atoms with Crippen LogP contribution in [0.25, 0.3) is 22.0 Å². The number of rotatable bonds is 3. The summed E-state index contributed by atoms with van der Waals surface area (Å²) in [4.78, 5) is 16.4. The number of hydrogen-bond donors (Lipinski definition) is 0. The van der Waals surface area contributed by atoms with Gasteiger partial charge >= 0.3 is 6.36 Å². The van der Waals surface area contributed by atoms with E-state index in [2.05, 4.69) is 9.72 Å². The number of aryl methyl sites for hydroxylation is 1. The van der Waals surface area contributed by atoms with Crippen LogP contribution in [0.2, 0.25) is 5.02 Å². The zero-order chi connectivity index (χ0) is 19.1. The first-order chi connectivity index (χ1) is 12.2. The Morgan fingerprint density at radius 1 is 1.15 bits per heavy atom. The fourth-order valence-electron chi connectivity index (χ4n) is 2.96. The third kappa shape index (κ3) is 3.51. The lowest BCUT2D eigenvalue weighted by Crippen LogP contribution is -2.17. The molecule has 0 bridgehead atoms. The summed E-state index contributed by atoms with van der Waals surface area (Å²) in [6.45, 7) is 2.97. The molecule has 0 saturated carbocycles. The lowest BCUT2D eigenvalue weighted by atomic mass is 9.92. The molecule has 26 heavy (non-hydrogen) atoms. The van der Waals surface area contributed by atoms with Gasteiger partial charge in [0.25, 0.3) is 0 Å². The number of nitrogens with zero attached hydrogens (tertiary/aromatic N) is 1. The minimum atomic E-state index is -4.85. The summed E-state index contributed by atoms with van der Waals surface area (Å²) in [6, 6.07) is 11.0. The number of fused-ring (bicyclic) bond motifs is 1. The molecule has 134 valence electrons. The summed E-state index contributed by atoms with van der Waals surface area (Å²) in [5, 5.41) is 0.826. The van der Waals surface area contributed by atoms with Gasteiger partial charge in [-0.15, -0.1) is 13.2 Å². The van der Waals surface area contributed by atoms with E-state index in [4.69, 9.17) is 11.6 Å². The molecule has 0 aliphatic carbocycles. The molecule has 3 rings (SSSR count). The predicted molar refractivity (Wildman–Crippen MR) is 93.6 cm³/mol. The van der Waals surface area contributed by atoms with Gasteiger partial charge in [0.05, 0.1) is 0 Å². The van der Waals surface area contributed by atoms with Gasteiger partial charge in [-0.3, -0.25) is 4.79 Å².